The van der Waals surface area contributed by atoms with Crippen molar-refractivity contribution < 1.29 is 9.50 Å². The van der Waals surface area contributed by atoms with Crippen LogP contribution in [0.25, 0.3) is 10.9 Å². The predicted octanol–water partition coefficient (Wildman–Crippen LogP) is 2.87. The lowest BCUT2D eigenvalue weighted by Crippen LogP contribution is -1.86. The Hall–Kier alpha value is -0.870. The molecule has 0 spiro atoms. The van der Waals surface area contributed by atoms with Gasteiger partial charge in [0.2, 0.25) is 0 Å². The number of benzene rings is 1. The molecule has 0 radical (unpaired) electrons. The van der Waals surface area contributed by atoms with Crippen LogP contribution in [-0.2, 0) is 6.61 Å². The molecule has 0 saturated carbocycles. The maximum atomic E-state index is 13.5. The molecule has 4 heteroatoms. The van der Waals surface area contributed by atoms with Gasteiger partial charge in [-0.2, -0.15) is 0 Å². The zero-order valence-electron chi connectivity index (χ0n) is 7.56. The third kappa shape index (κ3) is 1.26. The van der Waals surface area contributed by atoms with Crippen molar-refractivity contribution in [2.24, 2.45) is 0 Å². The van der Waals surface area contributed by atoms with Crippen LogP contribution in [0.2, 0.25) is 0 Å². The Kier molecular flexibility index (Phi) is 2.33. The van der Waals surface area contributed by atoms with E-state index in [2.05, 4.69) is 20.9 Å². The quantitative estimate of drug-likeness (QED) is 0.810. The summed E-state index contributed by atoms with van der Waals surface area (Å²) in [6.07, 6.45) is 0. The maximum Gasteiger partial charge on any atom is 0.133 e. The van der Waals surface area contributed by atoms with E-state index < -0.39 is 0 Å². The Labute approximate surface area is 88.9 Å². The van der Waals surface area contributed by atoms with Gasteiger partial charge in [-0.1, -0.05) is 0 Å². The summed E-state index contributed by atoms with van der Waals surface area (Å²) in [6, 6.07) is 3.04. The Morgan fingerprint density at radius 3 is 2.86 bits per heavy atom. The number of nitrogens with one attached hydrogen (secondary N) is 1. The normalized spacial score (nSPS) is 11.1. The highest BCUT2D eigenvalue weighted by molar-refractivity contribution is 9.10. The average Bonchev–Trinajstić information content (AvgIpc) is 2.50. The summed E-state index contributed by atoms with van der Waals surface area (Å²) in [6.45, 7) is 1.66. The topological polar surface area (TPSA) is 36.0 Å². The maximum absolute atomic E-state index is 13.5. The van der Waals surface area contributed by atoms with E-state index in [0.717, 1.165) is 10.2 Å². The summed E-state index contributed by atoms with van der Waals surface area (Å²) in [4.78, 5) is 3.04. The number of H-pyrrole nitrogens is 1. The summed E-state index contributed by atoms with van der Waals surface area (Å²) in [5.41, 5.74) is 2.12. The van der Waals surface area contributed by atoms with Gasteiger partial charge in [0.05, 0.1) is 12.1 Å². The van der Waals surface area contributed by atoms with Crippen LogP contribution in [-0.4, -0.2) is 10.1 Å². The minimum Gasteiger partial charge on any atom is -0.392 e. The van der Waals surface area contributed by atoms with Gasteiger partial charge in [-0.25, -0.2) is 4.39 Å². The van der Waals surface area contributed by atoms with Gasteiger partial charge in [0.15, 0.2) is 0 Å². The number of aliphatic hydroxyl groups excluding tert-OH is 1. The molecule has 2 aromatic rings. The first-order chi connectivity index (χ1) is 6.65. The van der Waals surface area contributed by atoms with E-state index in [1.54, 1.807) is 6.07 Å². The molecule has 2 N–H and O–H groups in total. The van der Waals surface area contributed by atoms with Crippen LogP contribution in [0.1, 0.15) is 11.3 Å². The largest absolute Gasteiger partial charge is 0.392 e. The van der Waals surface area contributed by atoms with Crippen molar-refractivity contribution in [2.75, 3.05) is 0 Å². The van der Waals surface area contributed by atoms with Crippen molar-refractivity contribution in [1.82, 2.24) is 4.98 Å². The number of hydrogen-bond acceptors (Lipinski definition) is 1. The lowest BCUT2D eigenvalue weighted by molar-refractivity contribution is 0.282. The van der Waals surface area contributed by atoms with E-state index in [0.29, 0.717) is 16.5 Å². The molecule has 14 heavy (non-hydrogen) atoms. The van der Waals surface area contributed by atoms with Gasteiger partial charge in [-0.3, -0.25) is 0 Å². The molecule has 0 bridgehead atoms. The van der Waals surface area contributed by atoms with Crippen molar-refractivity contribution in [1.29, 1.82) is 0 Å². The molecule has 2 rings (SSSR count). The second kappa shape index (κ2) is 3.37. The van der Waals surface area contributed by atoms with E-state index in [9.17, 15) is 4.39 Å². The van der Waals surface area contributed by atoms with Crippen molar-refractivity contribution in [2.45, 2.75) is 13.5 Å². The number of aromatic nitrogens is 1. The average molecular weight is 258 g/mol. The highest BCUT2D eigenvalue weighted by Crippen LogP contribution is 2.30. The molecule has 0 aliphatic rings. The number of halogens is 2. The molecule has 0 aliphatic carbocycles. The monoisotopic (exact) mass is 257 g/mol. The molecule has 0 aliphatic heterocycles. The highest BCUT2D eigenvalue weighted by Gasteiger charge is 2.13. The number of fused-ring (bicyclic) bond motifs is 1. The number of aryl methyl sites for hydroxylation is 1. The Balaban J connectivity index is 2.93. The number of aromatic amines is 1. The van der Waals surface area contributed by atoms with Crippen LogP contribution in [0.3, 0.4) is 0 Å². The van der Waals surface area contributed by atoms with Crippen LogP contribution in [0, 0.1) is 12.7 Å². The molecule has 74 valence electrons. The lowest BCUT2D eigenvalue weighted by atomic mass is 10.1. The smallest absolute Gasteiger partial charge is 0.133 e. The molecular weight excluding hydrogens is 249 g/mol. The van der Waals surface area contributed by atoms with Gasteiger partial charge in [0, 0.05) is 21.1 Å². The van der Waals surface area contributed by atoms with Crippen molar-refractivity contribution in [3.8, 4) is 0 Å². The molecule has 0 saturated heterocycles. The second-order valence-electron chi connectivity index (χ2n) is 3.17. The Bertz CT molecular complexity index is 492. The summed E-state index contributed by atoms with van der Waals surface area (Å²) in [5.74, 6) is -0.309. The van der Waals surface area contributed by atoms with E-state index in [4.69, 9.17) is 5.11 Å². The summed E-state index contributed by atoms with van der Waals surface area (Å²) < 4.78 is 14.3. The molecule has 2 nitrogen and oxygen atoms in total. The zero-order chi connectivity index (χ0) is 10.3. The lowest BCUT2D eigenvalue weighted by Gasteiger charge is -1.98. The van der Waals surface area contributed by atoms with Gasteiger partial charge >= 0.3 is 0 Å². The first-order valence-corrected chi connectivity index (χ1v) is 5.00. The van der Waals surface area contributed by atoms with Crippen LogP contribution in [0.15, 0.2) is 16.6 Å². The van der Waals surface area contributed by atoms with Crippen LogP contribution < -0.4 is 0 Å². The molecule has 1 heterocycles. The van der Waals surface area contributed by atoms with E-state index >= 15 is 0 Å². The van der Waals surface area contributed by atoms with Gasteiger partial charge < -0.3 is 10.1 Å². The fourth-order valence-corrected chi connectivity index (χ4v) is 2.05. The summed E-state index contributed by atoms with van der Waals surface area (Å²) >= 11 is 3.33. The molecule has 1 aromatic carbocycles. The van der Waals surface area contributed by atoms with Crippen molar-refractivity contribution >= 4 is 26.8 Å². The van der Waals surface area contributed by atoms with Gasteiger partial charge in [-0.15, -0.1) is 0 Å². The summed E-state index contributed by atoms with van der Waals surface area (Å²) in [7, 11) is 0. The fourth-order valence-electron chi connectivity index (χ4n) is 1.62. The van der Waals surface area contributed by atoms with Crippen LogP contribution in [0.5, 0.6) is 0 Å². The minimum absolute atomic E-state index is 0.154. The van der Waals surface area contributed by atoms with Gasteiger partial charge in [-0.05, 0) is 35.0 Å². The van der Waals surface area contributed by atoms with E-state index in [-0.39, 0.29) is 12.4 Å². The standard InChI is InChI=1S/C10H9BrFNO/c1-5-6(4-14)9-8(12)3-2-7(11)10(9)13-5/h2-3,13-14H,4H2,1H3. The number of rotatable bonds is 1. The zero-order valence-corrected chi connectivity index (χ0v) is 9.15. The minimum atomic E-state index is -0.309. The fraction of sp³-hybridized carbons (Fsp3) is 0.200. The third-order valence-corrected chi connectivity index (χ3v) is 2.99. The predicted molar refractivity (Wildman–Crippen MR) is 56.6 cm³/mol. The van der Waals surface area contributed by atoms with Gasteiger partial charge in [0.25, 0.3) is 0 Å². The number of aliphatic hydroxyl groups is 1. The molecule has 1 aromatic heterocycles. The first-order valence-electron chi connectivity index (χ1n) is 4.21. The van der Waals surface area contributed by atoms with E-state index in [1.807, 2.05) is 6.92 Å². The second-order valence-corrected chi connectivity index (χ2v) is 4.02. The van der Waals surface area contributed by atoms with Crippen LogP contribution in [0.4, 0.5) is 4.39 Å². The van der Waals surface area contributed by atoms with Crippen LogP contribution >= 0.6 is 15.9 Å². The SMILES string of the molecule is Cc1[nH]c2c(Br)ccc(F)c2c1CO. The Morgan fingerprint density at radius 2 is 2.21 bits per heavy atom. The number of hydrogen-bond donors (Lipinski definition) is 2. The molecular formula is C10H9BrFNO. The highest BCUT2D eigenvalue weighted by atomic mass is 79.9. The van der Waals surface area contributed by atoms with Gasteiger partial charge in [0.1, 0.15) is 5.82 Å². The van der Waals surface area contributed by atoms with E-state index in [1.165, 1.54) is 6.07 Å². The molecule has 0 atom stereocenters. The first kappa shape index (κ1) is 9.68. The Morgan fingerprint density at radius 1 is 1.50 bits per heavy atom. The molecule has 0 fully saturated rings. The molecule has 0 amide bonds. The third-order valence-electron chi connectivity index (χ3n) is 2.33. The van der Waals surface area contributed by atoms with Crippen molar-refractivity contribution in [3.05, 3.63) is 33.7 Å². The van der Waals surface area contributed by atoms with Crippen molar-refractivity contribution in [3.63, 3.8) is 0 Å². The molecule has 0 unspecified atom stereocenters. The summed E-state index contributed by atoms with van der Waals surface area (Å²) in [5, 5.41) is 9.59.